The first-order valence-electron chi connectivity index (χ1n) is 9.99. The Labute approximate surface area is 179 Å². The van der Waals surface area contributed by atoms with Gasteiger partial charge in [0.2, 0.25) is 5.95 Å². The van der Waals surface area contributed by atoms with Gasteiger partial charge in [0.15, 0.2) is 0 Å². The molecule has 3 aromatic heterocycles. The molecule has 1 aliphatic heterocycles. The van der Waals surface area contributed by atoms with E-state index >= 15 is 0 Å². The van der Waals surface area contributed by atoms with Crippen LogP contribution in [0.1, 0.15) is 32.1 Å². The Kier molecular flexibility index (Phi) is 6.05. The number of nitrogens with zero attached hydrogens (tertiary/aromatic N) is 6. The van der Waals surface area contributed by atoms with Crippen molar-refractivity contribution < 1.29 is 9.50 Å². The predicted molar refractivity (Wildman–Crippen MR) is 118 cm³/mol. The van der Waals surface area contributed by atoms with Gasteiger partial charge in [-0.15, -0.1) is 0 Å². The number of pyridine rings is 1. The molecule has 1 fully saturated rings. The summed E-state index contributed by atoms with van der Waals surface area (Å²) >= 11 is 1.58. The van der Waals surface area contributed by atoms with Gasteiger partial charge >= 0.3 is 0 Å². The quantitative estimate of drug-likeness (QED) is 0.614. The van der Waals surface area contributed by atoms with Crippen molar-refractivity contribution in [1.29, 1.82) is 0 Å². The highest BCUT2D eigenvalue weighted by molar-refractivity contribution is 7.99. The van der Waals surface area contributed by atoms with Gasteiger partial charge in [-0.3, -0.25) is 0 Å². The lowest BCUT2D eigenvalue weighted by molar-refractivity contribution is 0.263. The van der Waals surface area contributed by atoms with Crippen molar-refractivity contribution in [1.82, 2.24) is 24.5 Å². The van der Waals surface area contributed by atoms with Crippen LogP contribution in [0, 0.1) is 0 Å². The van der Waals surface area contributed by atoms with Crippen LogP contribution in [-0.2, 0) is 6.61 Å². The minimum absolute atomic E-state index is 0.0353. The number of hydrogen-bond donors (Lipinski definition) is 2. The zero-order valence-corrected chi connectivity index (χ0v) is 18.1. The van der Waals surface area contributed by atoms with Crippen molar-refractivity contribution in [2.45, 2.75) is 44.3 Å². The first kappa shape index (κ1) is 20.8. The van der Waals surface area contributed by atoms with Crippen molar-refractivity contribution in [3.05, 3.63) is 30.4 Å². The van der Waals surface area contributed by atoms with Crippen LogP contribution >= 0.6 is 11.8 Å². The van der Waals surface area contributed by atoms with Gasteiger partial charge in [0.25, 0.3) is 0 Å². The lowest BCUT2D eigenvalue weighted by Crippen LogP contribution is -2.44. The number of aliphatic hydroxyl groups is 1. The number of rotatable bonds is 6. The summed E-state index contributed by atoms with van der Waals surface area (Å²) in [6, 6.07) is 3.80. The van der Waals surface area contributed by atoms with Gasteiger partial charge in [-0.25, -0.2) is 19.3 Å². The summed E-state index contributed by atoms with van der Waals surface area (Å²) in [5, 5.41) is 12.9. The molecule has 1 saturated heterocycles. The summed E-state index contributed by atoms with van der Waals surface area (Å²) in [4.78, 5) is 19.7. The maximum absolute atomic E-state index is 14.3. The molecular formula is C20H26FN7OS. The summed E-state index contributed by atoms with van der Waals surface area (Å²) in [5.74, 6) is 2.32. The Balaban J connectivity index is 1.57. The van der Waals surface area contributed by atoms with Gasteiger partial charge in [-0.1, -0.05) is 0 Å². The molecule has 0 amide bonds. The molecule has 1 aliphatic rings. The monoisotopic (exact) mass is 431 g/mol. The molecule has 0 spiro atoms. The third kappa shape index (κ3) is 4.06. The molecule has 2 atom stereocenters. The highest BCUT2D eigenvalue weighted by Gasteiger charge is 2.29. The molecule has 0 bridgehead atoms. The average molecular weight is 432 g/mol. The second-order valence-electron chi connectivity index (χ2n) is 7.60. The molecule has 0 radical (unpaired) electrons. The lowest BCUT2D eigenvalue weighted by atomic mass is 10.1. The van der Waals surface area contributed by atoms with E-state index in [0.717, 1.165) is 24.0 Å². The molecule has 8 nitrogen and oxygen atoms in total. The Morgan fingerprint density at radius 2 is 2.13 bits per heavy atom. The molecule has 2 N–H and O–H groups in total. The number of piperidine rings is 1. The highest BCUT2D eigenvalue weighted by atomic mass is 32.2. The maximum atomic E-state index is 14.3. The lowest BCUT2D eigenvalue weighted by Gasteiger charge is -2.33. The van der Waals surface area contributed by atoms with Crippen LogP contribution in [-0.4, -0.2) is 60.4 Å². The molecule has 3 aromatic rings. The molecule has 0 aromatic carbocycles. The van der Waals surface area contributed by atoms with Gasteiger partial charge in [0.1, 0.15) is 35.8 Å². The first-order chi connectivity index (χ1) is 14.5. The number of aromatic nitrogens is 5. The summed E-state index contributed by atoms with van der Waals surface area (Å²) in [6.07, 6.45) is 5.17. The largest absolute Gasteiger partial charge is 0.388 e. The van der Waals surface area contributed by atoms with Gasteiger partial charge < -0.3 is 19.9 Å². The topological polar surface area (TPSA) is 92.0 Å². The van der Waals surface area contributed by atoms with Crippen molar-refractivity contribution in [2.75, 3.05) is 29.6 Å². The summed E-state index contributed by atoms with van der Waals surface area (Å²) in [7, 11) is 0. The number of nitrogens with one attached hydrogen (secondary N) is 1. The summed E-state index contributed by atoms with van der Waals surface area (Å²) in [5.41, 5.74) is 1.62. The van der Waals surface area contributed by atoms with E-state index in [1.807, 2.05) is 35.6 Å². The summed E-state index contributed by atoms with van der Waals surface area (Å²) in [6.45, 7) is 4.99. The number of hydrogen-bond acceptors (Lipinski definition) is 8. The van der Waals surface area contributed by atoms with E-state index in [0.29, 0.717) is 30.0 Å². The van der Waals surface area contributed by atoms with Gasteiger partial charge in [0, 0.05) is 30.1 Å². The molecule has 4 heterocycles. The number of alkyl halides is 1. The van der Waals surface area contributed by atoms with Crippen molar-refractivity contribution in [2.24, 2.45) is 0 Å². The van der Waals surface area contributed by atoms with Crippen molar-refractivity contribution in [3.8, 4) is 0 Å². The Morgan fingerprint density at radius 3 is 2.83 bits per heavy atom. The van der Waals surface area contributed by atoms with E-state index in [1.165, 1.54) is 0 Å². The molecule has 0 aliphatic carbocycles. The van der Waals surface area contributed by atoms with Crippen molar-refractivity contribution >= 4 is 40.4 Å². The van der Waals surface area contributed by atoms with Crippen LogP contribution in [0.15, 0.2) is 24.5 Å². The molecule has 10 heteroatoms. The molecule has 4 rings (SSSR count). The Morgan fingerprint density at radius 1 is 1.30 bits per heavy atom. The minimum atomic E-state index is -0.893. The van der Waals surface area contributed by atoms with Crippen LogP contribution in [0.25, 0.3) is 11.0 Å². The molecule has 30 heavy (non-hydrogen) atoms. The van der Waals surface area contributed by atoms with Crippen LogP contribution in [0.3, 0.4) is 0 Å². The Bertz CT molecular complexity index is 1030. The third-order valence-electron chi connectivity index (χ3n) is 5.27. The molecule has 0 saturated carbocycles. The second-order valence-corrected chi connectivity index (χ2v) is 8.68. The fourth-order valence-corrected chi connectivity index (χ4v) is 4.56. The number of anilines is 3. The number of imidazole rings is 1. The number of aliphatic hydroxyl groups excluding tert-OH is 1. The molecule has 160 valence electrons. The van der Waals surface area contributed by atoms with Gasteiger partial charge in [0.05, 0.1) is 18.3 Å². The first-order valence-corrected chi connectivity index (χ1v) is 11.3. The maximum Gasteiger partial charge on any atom is 0.227 e. The van der Waals surface area contributed by atoms with Gasteiger partial charge in [-0.05, 0) is 32.6 Å². The predicted octanol–water partition coefficient (Wildman–Crippen LogP) is 3.32. The zero-order valence-electron chi connectivity index (χ0n) is 17.3. The standard InChI is InChI=1S/C20H26FN7OS/c1-12(2)28-15-8-18(23-9-14(15)24-19(28)11-29)25-17-4-6-22-20(26-17)27-7-5-16(30-3)13(21)10-27/h4,6,8-9,12-13,16,29H,5,7,10-11H2,1-3H3,(H,22,23,25,26). The molecule has 2 unspecified atom stereocenters. The number of halogens is 1. The van der Waals surface area contributed by atoms with Crippen LogP contribution in [0.5, 0.6) is 0 Å². The van der Waals surface area contributed by atoms with Crippen LogP contribution in [0.2, 0.25) is 0 Å². The van der Waals surface area contributed by atoms with Gasteiger partial charge in [-0.2, -0.15) is 16.7 Å². The second kappa shape index (κ2) is 8.73. The Hall–Kier alpha value is -2.46. The highest BCUT2D eigenvalue weighted by Crippen LogP contribution is 2.27. The summed E-state index contributed by atoms with van der Waals surface area (Å²) < 4.78 is 16.3. The fraction of sp³-hybridized carbons (Fsp3) is 0.500. The van der Waals surface area contributed by atoms with Crippen LogP contribution < -0.4 is 10.2 Å². The van der Waals surface area contributed by atoms with E-state index in [1.54, 1.807) is 30.2 Å². The molecular weight excluding hydrogens is 405 g/mol. The minimum Gasteiger partial charge on any atom is -0.388 e. The average Bonchev–Trinajstić information content (AvgIpc) is 3.12. The van der Waals surface area contributed by atoms with E-state index in [9.17, 15) is 9.50 Å². The third-order valence-corrected chi connectivity index (χ3v) is 6.41. The van der Waals surface area contributed by atoms with E-state index in [-0.39, 0.29) is 17.9 Å². The van der Waals surface area contributed by atoms with E-state index in [2.05, 4.69) is 25.3 Å². The fourth-order valence-electron chi connectivity index (χ4n) is 3.84. The van der Waals surface area contributed by atoms with E-state index < -0.39 is 6.17 Å². The normalized spacial score (nSPS) is 19.6. The zero-order chi connectivity index (χ0) is 21.3. The van der Waals surface area contributed by atoms with Crippen LogP contribution in [0.4, 0.5) is 22.0 Å². The SMILES string of the molecule is CSC1CCN(c2nccc(Nc3cc4c(cn3)nc(CO)n4C(C)C)n2)CC1F. The smallest absolute Gasteiger partial charge is 0.227 e. The number of fused-ring (bicyclic) bond motifs is 1. The van der Waals surface area contributed by atoms with Crippen molar-refractivity contribution in [3.63, 3.8) is 0 Å². The van der Waals surface area contributed by atoms with E-state index in [4.69, 9.17) is 0 Å². The number of thioether (sulfide) groups is 1.